The number of aromatic hydroxyl groups is 2. The van der Waals surface area contributed by atoms with Crippen LogP contribution in [0.3, 0.4) is 0 Å². The summed E-state index contributed by atoms with van der Waals surface area (Å²) in [5, 5.41) is 26.8. The van der Waals surface area contributed by atoms with E-state index in [-0.39, 0.29) is 11.5 Å². The van der Waals surface area contributed by atoms with E-state index in [0.29, 0.717) is 15.7 Å². The molecule has 0 saturated heterocycles. The lowest BCUT2D eigenvalue weighted by atomic mass is 10.2. The average molecular weight is 209 g/mol. The fraction of sp³-hybridized carbons (Fsp3) is 0. The van der Waals surface area contributed by atoms with E-state index < -0.39 is 0 Å². The van der Waals surface area contributed by atoms with Crippen molar-refractivity contribution in [3.63, 3.8) is 0 Å². The van der Waals surface area contributed by atoms with Crippen LogP contribution in [0.5, 0.6) is 11.5 Å². The summed E-state index contributed by atoms with van der Waals surface area (Å²) >= 11 is 1.22. The molecule has 1 heterocycles. The summed E-state index contributed by atoms with van der Waals surface area (Å²) in [7, 11) is 0. The summed E-state index contributed by atoms with van der Waals surface area (Å²) in [6.45, 7) is 0. The smallest absolute Gasteiger partial charge is 0.203 e. The molecule has 0 aliphatic carbocycles. The van der Waals surface area contributed by atoms with Crippen LogP contribution in [0.15, 0.2) is 18.2 Å². The first-order valence-electron chi connectivity index (χ1n) is 3.78. The highest BCUT2D eigenvalue weighted by molar-refractivity contribution is 7.18. The Balaban J connectivity index is 2.47. The molecule has 0 unspecified atom stereocenters. The first-order valence-corrected chi connectivity index (χ1v) is 4.60. The minimum absolute atomic E-state index is 0.161. The standard InChI is InChI=1S/C8H7N3O2S/c9-8-11-10-7(14-8)4-1-2-5(12)6(13)3-4/h1-3,12-13H,(H2,9,11). The number of rotatable bonds is 1. The lowest BCUT2D eigenvalue weighted by molar-refractivity contribution is 0.404. The van der Waals surface area contributed by atoms with Gasteiger partial charge < -0.3 is 15.9 Å². The molecule has 2 rings (SSSR count). The van der Waals surface area contributed by atoms with E-state index >= 15 is 0 Å². The van der Waals surface area contributed by atoms with Crippen LogP contribution in [0.4, 0.5) is 5.13 Å². The number of benzene rings is 1. The SMILES string of the molecule is Nc1nnc(-c2ccc(O)c(O)c2)s1. The third-order valence-corrected chi connectivity index (χ3v) is 2.46. The van der Waals surface area contributed by atoms with Gasteiger partial charge in [0.25, 0.3) is 0 Å². The van der Waals surface area contributed by atoms with Crippen molar-refractivity contribution in [1.82, 2.24) is 10.2 Å². The highest BCUT2D eigenvalue weighted by atomic mass is 32.1. The predicted molar refractivity (Wildman–Crippen MR) is 53.1 cm³/mol. The highest BCUT2D eigenvalue weighted by Crippen LogP contribution is 2.32. The van der Waals surface area contributed by atoms with E-state index in [1.165, 1.54) is 23.5 Å². The van der Waals surface area contributed by atoms with Crippen molar-refractivity contribution in [3.05, 3.63) is 18.2 Å². The summed E-state index contributed by atoms with van der Waals surface area (Å²) in [6, 6.07) is 4.44. The zero-order chi connectivity index (χ0) is 10.1. The van der Waals surface area contributed by atoms with Crippen molar-refractivity contribution in [3.8, 4) is 22.1 Å². The first-order chi connectivity index (χ1) is 6.66. The number of hydrogen-bond acceptors (Lipinski definition) is 6. The largest absolute Gasteiger partial charge is 0.504 e. The Kier molecular flexibility index (Phi) is 1.97. The molecule has 0 radical (unpaired) electrons. The molecule has 0 aliphatic rings. The van der Waals surface area contributed by atoms with E-state index in [2.05, 4.69) is 10.2 Å². The molecule has 14 heavy (non-hydrogen) atoms. The molecule has 6 heteroatoms. The maximum absolute atomic E-state index is 9.24. The van der Waals surface area contributed by atoms with Crippen LogP contribution in [-0.4, -0.2) is 20.4 Å². The number of nitrogens with zero attached hydrogens (tertiary/aromatic N) is 2. The lowest BCUT2D eigenvalue weighted by Crippen LogP contribution is -1.80. The van der Waals surface area contributed by atoms with Gasteiger partial charge in [-0.15, -0.1) is 10.2 Å². The molecule has 0 bridgehead atoms. The molecule has 2 aromatic rings. The van der Waals surface area contributed by atoms with Crippen molar-refractivity contribution in [2.24, 2.45) is 0 Å². The summed E-state index contributed by atoms with van der Waals surface area (Å²) < 4.78 is 0. The van der Waals surface area contributed by atoms with Crippen LogP contribution in [0.25, 0.3) is 10.6 Å². The van der Waals surface area contributed by atoms with E-state index in [4.69, 9.17) is 10.8 Å². The third kappa shape index (κ3) is 1.47. The number of nitrogens with two attached hydrogens (primary N) is 1. The summed E-state index contributed by atoms with van der Waals surface area (Å²) in [6.07, 6.45) is 0. The molecule has 4 N–H and O–H groups in total. The Morgan fingerprint density at radius 2 is 1.93 bits per heavy atom. The maximum atomic E-state index is 9.24. The number of anilines is 1. The van der Waals surface area contributed by atoms with Crippen LogP contribution < -0.4 is 5.73 Å². The Labute approximate surface area is 83.5 Å². The molecule has 1 aromatic heterocycles. The Morgan fingerprint density at radius 1 is 1.14 bits per heavy atom. The molecule has 0 amide bonds. The molecule has 72 valence electrons. The molecule has 0 spiro atoms. The summed E-state index contributed by atoms with van der Waals surface area (Å²) in [5.41, 5.74) is 6.09. The van der Waals surface area contributed by atoms with Gasteiger partial charge in [0.05, 0.1) is 0 Å². The van der Waals surface area contributed by atoms with Crippen molar-refractivity contribution < 1.29 is 10.2 Å². The maximum Gasteiger partial charge on any atom is 0.203 e. The molecule has 0 saturated carbocycles. The third-order valence-electron chi connectivity index (χ3n) is 1.66. The topological polar surface area (TPSA) is 92.3 Å². The number of phenols is 2. The fourth-order valence-corrected chi connectivity index (χ4v) is 1.61. The van der Waals surface area contributed by atoms with E-state index in [0.717, 1.165) is 0 Å². The van der Waals surface area contributed by atoms with Crippen molar-refractivity contribution in [2.75, 3.05) is 5.73 Å². The summed E-state index contributed by atoms with van der Waals surface area (Å²) in [5.74, 6) is -0.345. The van der Waals surface area contributed by atoms with Crippen LogP contribution in [0.2, 0.25) is 0 Å². The Hall–Kier alpha value is -1.82. The quantitative estimate of drug-likeness (QED) is 0.614. The second-order valence-electron chi connectivity index (χ2n) is 2.65. The minimum atomic E-state index is -0.184. The molecule has 0 fully saturated rings. The van der Waals surface area contributed by atoms with Gasteiger partial charge in [0, 0.05) is 5.56 Å². The van der Waals surface area contributed by atoms with Gasteiger partial charge in [-0.25, -0.2) is 0 Å². The van der Waals surface area contributed by atoms with Crippen LogP contribution >= 0.6 is 11.3 Å². The number of nitrogen functional groups attached to an aromatic ring is 1. The zero-order valence-corrected chi connectivity index (χ0v) is 7.82. The molecular formula is C8H7N3O2S. The highest BCUT2D eigenvalue weighted by Gasteiger charge is 2.07. The van der Waals surface area contributed by atoms with Crippen molar-refractivity contribution >= 4 is 16.5 Å². The van der Waals surface area contributed by atoms with E-state index in [1.807, 2.05) is 0 Å². The van der Waals surface area contributed by atoms with Crippen LogP contribution in [-0.2, 0) is 0 Å². The van der Waals surface area contributed by atoms with Gasteiger partial charge in [-0.3, -0.25) is 0 Å². The lowest BCUT2D eigenvalue weighted by Gasteiger charge is -1.98. The zero-order valence-electron chi connectivity index (χ0n) is 7.01. The van der Waals surface area contributed by atoms with E-state index in [9.17, 15) is 5.11 Å². The van der Waals surface area contributed by atoms with E-state index in [1.54, 1.807) is 6.07 Å². The van der Waals surface area contributed by atoms with Gasteiger partial charge in [0.15, 0.2) is 11.5 Å². The minimum Gasteiger partial charge on any atom is -0.504 e. The Morgan fingerprint density at radius 3 is 2.50 bits per heavy atom. The van der Waals surface area contributed by atoms with Gasteiger partial charge in [0.1, 0.15) is 5.01 Å². The average Bonchev–Trinajstić information content (AvgIpc) is 2.57. The van der Waals surface area contributed by atoms with Gasteiger partial charge >= 0.3 is 0 Å². The summed E-state index contributed by atoms with van der Waals surface area (Å²) in [4.78, 5) is 0. The van der Waals surface area contributed by atoms with Gasteiger partial charge in [-0.1, -0.05) is 11.3 Å². The molecule has 5 nitrogen and oxygen atoms in total. The van der Waals surface area contributed by atoms with Gasteiger partial charge in [0.2, 0.25) is 5.13 Å². The van der Waals surface area contributed by atoms with Gasteiger partial charge in [-0.2, -0.15) is 0 Å². The van der Waals surface area contributed by atoms with Crippen LogP contribution in [0, 0.1) is 0 Å². The fourth-order valence-electron chi connectivity index (χ4n) is 1.01. The number of aromatic nitrogens is 2. The molecular weight excluding hydrogens is 202 g/mol. The molecule has 0 aliphatic heterocycles. The number of phenolic OH excluding ortho intramolecular Hbond substituents is 2. The van der Waals surface area contributed by atoms with Gasteiger partial charge in [-0.05, 0) is 18.2 Å². The second-order valence-corrected chi connectivity index (χ2v) is 3.66. The monoisotopic (exact) mass is 209 g/mol. The molecule has 1 aromatic carbocycles. The normalized spacial score (nSPS) is 10.3. The van der Waals surface area contributed by atoms with Crippen molar-refractivity contribution in [1.29, 1.82) is 0 Å². The van der Waals surface area contributed by atoms with Crippen LogP contribution in [0.1, 0.15) is 0 Å². The predicted octanol–water partition coefficient (Wildman–Crippen LogP) is 1.20. The van der Waals surface area contributed by atoms with Crippen molar-refractivity contribution in [2.45, 2.75) is 0 Å². The Bertz CT molecular complexity index is 469. The number of hydrogen-bond donors (Lipinski definition) is 3. The first kappa shape index (κ1) is 8.76. The molecule has 0 atom stereocenters. The second kappa shape index (κ2) is 3.15.